The van der Waals surface area contributed by atoms with E-state index in [4.69, 9.17) is 4.74 Å². The summed E-state index contributed by atoms with van der Waals surface area (Å²) >= 11 is 0. The Morgan fingerprint density at radius 2 is 1.86 bits per heavy atom. The van der Waals surface area contributed by atoms with E-state index in [-0.39, 0.29) is 6.10 Å². The standard InChI is InChI=1S/C18H20N2O/c1-4-16-12-19-18-11-15(9-10-20(16)18)14-5-7-17(8-6-14)21-13(2)3/h5-13H,4H2,1-3H3. The van der Waals surface area contributed by atoms with Crippen LogP contribution in [-0.2, 0) is 6.42 Å². The summed E-state index contributed by atoms with van der Waals surface area (Å²) in [5.74, 6) is 0.906. The molecular weight excluding hydrogens is 260 g/mol. The number of hydrogen-bond donors (Lipinski definition) is 0. The summed E-state index contributed by atoms with van der Waals surface area (Å²) in [7, 11) is 0. The van der Waals surface area contributed by atoms with Crippen LogP contribution in [0.25, 0.3) is 16.8 Å². The van der Waals surface area contributed by atoms with Crippen LogP contribution >= 0.6 is 0 Å². The number of fused-ring (bicyclic) bond motifs is 1. The van der Waals surface area contributed by atoms with Gasteiger partial charge in [-0.1, -0.05) is 19.1 Å². The van der Waals surface area contributed by atoms with E-state index < -0.39 is 0 Å². The highest BCUT2D eigenvalue weighted by molar-refractivity contribution is 5.68. The molecule has 3 rings (SSSR count). The highest BCUT2D eigenvalue weighted by atomic mass is 16.5. The molecule has 0 aliphatic carbocycles. The first-order chi connectivity index (χ1) is 10.2. The van der Waals surface area contributed by atoms with Crippen molar-refractivity contribution in [2.75, 3.05) is 0 Å². The predicted octanol–water partition coefficient (Wildman–Crippen LogP) is 4.35. The average molecular weight is 280 g/mol. The van der Waals surface area contributed by atoms with Gasteiger partial charge in [0.1, 0.15) is 11.4 Å². The quantitative estimate of drug-likeness (QED) is 0.710. The number of aryl methyl sites for hydroxylation is 1. The summed E-state index contributed by atoms with van der Waals surface area (Å²) in [6.07, 6.45) is 5.22. The molecule has 2 heterocycles. The van der Waals surface area contributed by atoms with Crippen molar-refractivity contribution in [2.24, 2.45) is 0 Å². The monoisotopic (exact) mass is 280 g/mol. The van der Waals surface area contributed by atoms with Gasteiger partial charge < -0.3 is 9.14 Å². The molecule has 0 unspecified atom stereocenters. The Balaban J connectivity index is 1.92. The molecule has 1 aromatic carbocycles. The molecule has 108 valence electrons. The number of pyridine rings is 1. The Kier molecular flexibility index (Phi) is 3.65. The maximum Gasteiger partial charge on any atom is 0.137 e. The largest absolute Gasteiger partial charge is 0.491 e. The first-order valence-electron chi connectivity index (χ1n) is 7.40. The number of rotatable bonds is 4. The SMILES string of the molecule is CCc1cnc2cc(-c3ccc(OC(C)C)cc3)ccn12. The summed E-state index contributed by atoms with van der Waals surface area (Å²) in [6, 6.07) is 12.5. The van der Waals surface area contributed by atoms with Crippen molar-refractivity contribution in [3.8, 4) is 16.9 Å². The highest BCUT2D eigenvalue weighted by Crippen LogP contribution is 2.24. The lowest BCUT2D eigenvalue weighted by Gasteiger charge is -2.10. The average Bonchev–Trinajstić information content (AvgIpc) is 2.89. The zero-order valence-corrected chi connectivity index (χ0v) is 12.7. The van der Waals surface area contributed by atoms with Gasteiger partial charge in [0.05, 0.1) is 6.10 Å². The maximum atomic E-state index is 5.68. The first kappa shape index (κ1) is 13.7. The van der Waals surface area contributed by atoms with Gasteiger partial charge >= 0.3 is 0 Å². The zero-order chi connectivity index (χ0) is 14.8. The summed E-state index contributed by atoms with van der Waals surface area (Å²) in [4.78, 5) is 4.47. The normalized spacial score (nSPS) is 11.2. The van der Waals surface area contributed by atoms with E-state index in [9.17, 15) is 0 Å². The molecule has 0 saturated heterocycles. The van der Waals surface area contributed by atoms with Crippen molar-refractivity contribution in [1.29, 1.82) is 0 Å². The maximum absolute atomic E-state index is 5.68. The van der Waals surface area contributed by atoms with Crippen molar-refractivity contribution in [3.05, 3.63) is 54.5 Å². The lowest BCUT2D eigenvalue weighted by atomic mass is 10.1. The minimum atomic E-state index is 0.199. The molecule has 0 atom stereocenters. The topological polar surface area (TPSA) is 26.5 Å². The van der Waals surface area contributed by atoms with E-state index in [2.05, 4.69) is 46.8 Å². The second kappa shape index (κ2) is 5.60. The van der Waals surface area contributed by atoms with Crippen molar-refractivity contribution in [1.82, 2.24) is 9.38 Å². The molecule has 0 bridgehead atoms. The third-order valence-corrected chi connectivity index (χ3v) is 3.51. The van der Waals surface area contributed by atoms with Crippen LogP contribution < -0.4 is 4.74 Å². The number of nitrogens with zero attached hydrogens (tertiary/aromatic N) is 2. The van der Waals surface area contributed by atoms with Crippen LogP contribution in [0.5, 0.6) is 5.75 Å². The van der Waals surface area contributed by atoms with Crippen LogP contribution in [0.4, 0.5) is 0 Å². The fraction of sp³-hybridized carbons (Fsp3) is 0.278. The van der Waals surface area contributed by atoms with Gasteiger partial charge in [-0.25, -0.2) is 4.98 Å². The molecule has 0 radical (unpaired) electrons. The van der Waals surface area contributed by atoms with Gasteiger partial charge in [0, 0.05) is 18.1 Å². The van der Waals surface area contributed by atoms with Gasteiger partial charge in [-0.2, -0.15) is 0 Å². The lowest BCUT2D eigenvalue weighted by Crippen LogP contribution is -2.05. The Hall–Kier alpha value is -2.29. The van der Waals surface area contributed by atoms with Crippen molar-refractivity contribution >= 4 is 5.65 Å². The Morgan fingerprint density at radius 3 is 2.52 bits per heavy atom. The molecule has 0 saturated carbocycles. The van der Waals surface area contributed by atoms with Gasteiger partial charge in [-0.15, -0.1) is 0 Å². The van der Waals surface area contributed by atoms with Crippen LogP contribution in [0, 0.1) is 0 Å². The molecular formula is C18H20N2O. The molecule has 3 heteroatoms. The van der Waals surface area contributed by atoms with Crippen LogP contribution in [0.1, 0.15) is 26.5 Å². The molecule has 21 heavy (non-hydrogen) atoms. The number of hydrogen-bond acceptors (Lipinski definition) is 2. The van der Waals surface area contributed by atoms with E-state index >= 15 is 0 Å². The molecule has 0 aliphatic rings. The van der Waals surface area contributed by atoms with Crippen LogP contribution in [0.2, 0.25) is 0 Å². The highest BCUT2D eigenvalue weighted by Gasteiger charge is 2.05. The first-order valence-corrected chi connectivity index (χ1v) is 7.40. The Bertz CT molecular complexity index is 742. The van der Waals surface area contributed by atoms with Gasteiger partial charge in [0.15, 0.2) is 0 Å². The van der Waals surface area contributed by atoms with E-state index in [1.54, 1.807) is 0 Å². The Morgan fingerprint density at radius 1 is 1.10 bits per heavy atom. The Labute approximate surface area is 125 Å². The summed E-state index contributed by atoms with van der Waals surface area (Å²) in [5, 5.41) is 0. The second-order valence-corrected chi connectivity index (χ2v) is 5.44. The van der Waals surface area contributed by atoms with Crippen molar-refractivity contribution in [3.63, 3.8) is 0 Å². The minimum Gasteiger partial charge on any atom is -0.491 e. The molecule has 0 aliphatic heterocycles. The number of ether oxygens (including phenoxy) is 1. The van der Waals surface area contributed by atoms with Gasteiger partial charge in [0.2, 0.25) is 0 Å². The molecule has 2 aromatic heterocycles. The molecule has 0 N–H and O–H groups in total. The van der Waals surface area contributed by atoms with E-state index in [0.29, 0.717) is 0 Å². The van der Waals surface area contributed by atoms with Crippen molar-refractivity contribution < 1.29 is 4.74 Å². The van der Waals surface area contributed by atoms with Gasteiger partial charge in [-0.05, 0) is 55.7 Å². The van der Waals surface area contributed by atoms with E-state index in [0.717, 1.165) is 17.8 Å². The molecule has 0 amide bonds. The van der Waals surface area contributed by atoms with Crippen LogP contribution in [0.3, 0.4) is 0 Å². The van der Waals surface area contributed by atoms with Crippen LogP contribution in [-0.4, -0.2) is 15.5 Å². The third kappa shape index (κ3) is 2.77. The second-order valence-electron chi connectivity index (χ2n) is 5.44. The van der Waals surface area contributed by atoms with Crippen LogP contribution in [0.15, 0.2) is 48.8 Å². The number of imidazole rings is 1. The smallest absolute Gasteiger partial charge is 0.137 e. The molecule has 3 aromatic rings. The van der Waals surface area contributed by atoms with Crippen molar-refractivity contribution in [2.45, 2.75) is 33.3 Å². The third-order valence-electron chi connectivity index (χ3n) is 3.51. The number of aromatic nitrogens is 2. The minimum absolute atomic E-state index is 0.199. The summed E-state index contributed by atoms with van der Waals surface area (Å²) in [5.41, 5.74) is 4.57. The fourth-order valence-corrected chi connectivity index (χ4v) is 2.47. The predicted molar refractivity (Wildman–Crippen MR) is 85.8 cm³/mol. The molecule has 3 nitrogen and oxygen atoms in total. The van der Waals surface area contributed by atoms with E-state index in [1.165, 1.54) is 16.8 Å². The van der Waals surface area contributed by atoms with Gasteiger partial charge in [-0.3, -0.25) is 0 Å². The van der Waals surface area contributed by atoms with E-state index in [1.807, 2.05) is 32.2 Å². The molecule has 0 spiro atoms. The van der Waals surface area contributed by atoms with Gasteiger partial charge in [0.25, 0.3) is 0 Å². The lowest BCUT2D eigenvalue weighted by molar-refractivity contribution is 0.242. The fourth-order valence-electron chi connectivity index (χ4n) is 2.47. The zero-order valence-electron chi connectivity index (χ0n) is 12.7. The summed E-state index contributed by atoms with van der Waals surface area (Å²) in [6.45, 7) is 6.21. The number of benzene rings is 1. The molecule has 0 fully saturated rings. The summed E-state index contributed by atoms with van der Waals surface area (Å²) < 4.78 is 7.82.